The fourth-order valence-corrected chi connectivity index (χ4v) is 3.67. The van der Waals surface area contributed by atoms with E-state index < -0.39 is 0 Å². The van der Waals surface area contributed by atoms with Gasteiger partial charge in [-0.2, -0.15) is 0 Å². The highest BCUT2D eigenvalue weighted by atomic mass is 16.5. The Morgan fingerprint density at radius 3 is 2.18 bits per heavy atom. The summed E-state index contributed by atoms with van der Waals surface area (Å²) in [6.07, 6.45) is 12.3. The third-order valence-electron chi connectivity index (χ3n) is 4.81. The lowest BCUT2D eigenvalue weighted by atomic mass is 9.75. The van der Waals surface area contributed by atoms with Crippen LogP contribution in [0.15, 0.2) is 0 Å². The molecule has 0 spiro atoms. The molecule has 1 heterocycles. The van der Waals surface area contributed by atoms with Crippen LogP contribution in [0.1, 0.15) is 71.6 Å². The van der Waals surface area contributed by atoms with Crippen molar-refractivity contribution in [1.82, 2.24) is 0 Å². The topological polar surface area (TPSA) is 35.2 Å². The number of hydrogen-bond donors (Lipinski definition) is 1. The van der Waals surface area contributed by atoms with Crippen molar-refractivity contribution in [3.8, 4) is 0 Å². The molecule has 0 aromatic heterocycles. The van der Waals surface area contributed by atoms with E-state index >= 15 is 0 Å². The summed E-state index contributed by atoms with van der Waals surface area (Å²) in [5.41, 5.74) is 6.59. The molecule has 2 aliphatic rings. The smallest absolute Gasteiger partial charge is 0.0631 e. The lowest BCUT2D eigenvalue weighted by molar-refractivity contribution is -0.0368. The fourth-order valence-electron chi connectivity index (χ4n) is 3.67. The Balaban J connectivity index is 1.94. The minimum Gasteiger partial charge on any atom is -0.372 e. The maximum Gasteiger partial charge on any atom is 0.0631 e. The van der Waals surface area contributed by atoms with Gasteiger partial charge in [0.05, 0.1) is 11.7 Å². The second-order valence-electron chi connectivity index (χ2n) is 6.86. The summed E-state index contributed by atoms with van der Waals surface area (Å²) in [7, 11) is 0. The largest absolute Gasteiger partial charge is 0.372 e. The summed E-state index contributed by atoms with van der Waals surface area (Å²) in [4.78, 5) is 0. The van der Waals surface area contributed by atoms with E-state index in [4.69, 9.17) is 10.5 Å². The van der Waals surface area contributed by atoms with Crippen molar-refractivity contribution in [1.29, 1.82) is 0 Å². The number of rotatable bonds is 3. The molecule has 17 heavy (non-hydrogen) atoms. The summed E-state index contributed by atoms with van der Waals surface area (Å²) in [5.74, 6) is 0. The van der Waals surface area contributed by atoms with E-state index in [0.29, 0.717) is 11.5 Å². The summed E-state index contributed by atoms with van der Waals surface area (Å²) >= 11 is 0. The molecular weight excluding hydrogens is 210 g/mol. The Morgan fingerprint density at radius 2 is 1.71 bits per heavy atom. The highest BCUT2D eigenvalue weighted by Crippen LogP contribution is 2.42. The van der Waals surface area contributed by atoms with Crippen LogP contribution in [0.4, 0.5) is 0 Å². The van der Waals surface area contributed by atoms with E-state index in [9.17, 15) is 0 Å². The van der Waals surface area contributed by atoms with Gasteiger partial charge in [-0.1, -0.05) is 25.7 Å². The van der Waals surface area contributed by atoms with E-state index in [1.165, 1.54) is 57.8 Å². The zero-order chi connectivity index (χ0) is 12.4. The molecule has 0 radical (unpaired) electrons. The zero-order valence-electron chi connectivity index (χ0n) is 11.6. The second-order valence-corrected chi connectivity index (χ2v) is 6.86. The van der Waals surface area contributed by atoms with E-state index in [-0.39, 0.29) is 5.60 Å². The van der Waals surface area contributed by atoms with Crippen LogP contribution in [0, 0.1) is 5.41 Å². The monoisotopic (exact) mass is 239 g/mol. The van der Waals surface area contributed by atoms with Gasteiger partial charge in [0.1, 0.15) is 0 Å². The van der Waals surface area contributed by atoms with Crippen LogP contribution >= 0.6 is 0 Å². The highest BCUT2D eigenvalue weighted by molar-refractivity contribution is 4.89. The Kier molecular flexibility index (Phi) is 4.14. The molecule has 2 N–H and O–H groups in total. The molecule has 0 bridgehead atoms. The summed E-state index contributed by atoms with van der Waals surface area (Å²) in [6.45, 7) is 5.29. The first-order valence-corrected chi connectivity index (χ1v) is 7.43. The van der Waals surface area contributed by atoms with E-state index in [1.54, 1.807) is 0 Å². The number of hydrogen-bond acceptors (Lipinski definition) is 2. The van der Waals surface area contributed by atoms with E-state index in [0.717, 1.165) is 6.54 Å². The van der Waals surface area contributed by atoms with Crippen LogP contribution in [0.2, 0.25) is 0 Å². The first kappa shape index (κ1) is 13.4. The van der Waals surface area contributed by atoms with E-state index in [1.807, 2.05) is 0 Å². The minimum atomic E-state index is 0.102. The van der Waals surface area contributed by atoms with Gasteiger partial charge in [-0.3, -0.25) is 0 Å². The van der Waals surface area contributed by atoms with Crippen LogP contribution in [0.5, 0.6) is 0 Å². The molecule has 0 aromatic carbocycles. The van der Waals surface area contributed by atoms with Crippen LogP contribution in [0.25, 0.3) is 0 Å². The summed E-state index contributed by atoms with van der Waals surface area (Å²) < 4.78 is 6.16. The predicted molar refractivity (Wildman–Crippen MR) is 72.0 cm³/mol. The van der Waals surface area contributed by atoms with Gasteiger partial charge < -0.3 is 10.5 Å². The third kappa shape index (κ3) is 3.45. The maximum absolute atomic E-state index is 6.16. The maximum atomic E-state index is 6.16. The van der Waals surface area contributed by atoms with Crippen LogP contribution < -0.4 is 5.73 Å². The summed E-state index contributed by atoms with van der Waals surface area (Å²) in [5, 5.41) is 0. The molecule has 100 valence electrons. The van der Waals surface area contributed by atoms with Crippen molar-refractivity contribution < 1.29 is 4.74 Å². The van der Waals surface area contributed by atoms with Crippen LogP contribution in [-0.2, 0) is 4.74 Å². The number of ether oxygens (including phenoxy) is 1. The quantitative estimate of drug-likeness (QED) is 0.763. The fraction of sp³-hybridized carbons (Fsp3) is 1.00. The average molecular weight is 239 g/mol. The lowest BCUT2D eigenvalue weighted by Gasteiger charge is -2.34. The molecule has 1 saturated heterocycles. The van der Waals surface area contributed by atoms with E-state index in [2.05, 4.69) is 13.8 Å². The molecular formula is C15H29NO. The normalized spacial score (nSPS) is 32.3. The van der Waals surface area contributed by atoms with Crippen LogP contribution in [0.3, 0.4) is 0 Å². The lowest BCUT2D eigenvalue weighted by Crippen LogP contribution is -2.34. The molecule has 2 rings (SSSR count). The molecule has 0 aromatic rings. The Morgan fingerprint density at radius 1 is 1.06 bits per heavy atom. The first-order chi connectivity index (χ1) is 8.05. The Labute approximate surface area is 106 Å². The second kappa shape index (κ2) is 5.27. The van der Waals surface area contributed by atoms with Crippen molar-refractivity contribution in [2.45, 2.75) is 83.3 Å². The van der Waals surface area contributed by atoms with Gasteiger partial charge >= 0.3 is 0 Å². The van der Waals surface area contributed by atoms with Crippen molar-refractivity contribution in [3.05, 3.63) is 0 Å². The van der Waals surface area contributed by atoms with Crippen LogP contribution in [-0.4, -0.2) is 18.2 Å². The molecule has 0 amide bonds. The zero-order valence-corrected chi connectivity index (χ0v) is 11.6. The van der Waals surface area contributed by atoms with Crippen molar-refractivity contribution >= 4 is 0 Å². The summed E-state index contributed by atoms with van der Waals surface area (Å²) in [6, 6.07) is 0. The third-order valence-corrected chi connectivity index (χ3v) is 4.81. The minimum absolute atomic E-state index is 0.102. The van der Waals surface area contributed by atoms with Gasteiger partial charge in [0.15, 0.2) is 0 Å². The van der Waals surface area contributed by atoms with Gasteiger partial charge in [0, 0.05) is 0 Å². The van der Waals surface area contributed by atoms with Gasteiger partial charge in [0.2, 0.25) is 0 Å². The molecule has 1 aliphatic carbocycles. The van der Waals surface area contributed by atoms with Gasteiger partial charge in [-0.05, 0) is 57.9 Å². The van der Waals surface area contributed by atoms with Crippen molar-refractivity contribution in [2.75, 3.05) is 6.54 Å². The molecule has 2 heteroatoms. The molecule has 2 fully saturated rings. The Bertz CT molecular complexity index is 241. The Hall–Kier alpha value is -0.0800. The molecule has 1 unspecified atom stereocenters. The molecule has 2 nitrogen and oxygen atoms in total. The van der Waals surface area contributed by atoms with Gasteiger partial charge in [-0.15, -0.1) is 0 Å². The molecule has 1 atom stereocenters. The van der Waals surface area contributed by atoms with Gasteiger partial charge in [-0.25, -0.2) is 0 Å². The van der Waals surface area contributed by atoms with Crippen molar-refractivity contribution in [2.24, 2.45) is 11.1 Å². The predicted octanol–water partition coefficient (Wildman–Crippen LogP) is 3.63. The standard InChI is InChI=1S/C15H29NO/c1-14(2)10-7-13(17-14)11-15(12-16)8-5-3-4-6-9-15/h13H,3-12,16H2,1-2H3. The highest BCUT2D eigenvalue weighted by Gasteiger charge is 2.38. The molecule has 1 saturated carbocycles. The number of nitrogens with two attached hydrogens (primary N) is 1. The average Bonchev–Trinajstić information content (AvgIpc) is 2.52. The SMILES string of the molecule is CC1(C)CCC(CC2(CN)CCCCCC2)O1. The van der Waals surface area contributed by atoms with Gasteiger partial charge in [0.25, 0.3) is 0 Å². The molecule has 1 aliphatic heterocycles. The van der Waals surface area contributed by atoms with Crippen molar-refractivity contribution in [3.63, 3.8) is 0 Å². The first-order valence-electron chi connectivity index (χ1n) is 7.43.